The Hall–Kier alpha value is -3.59. The number of carbonyl (C=O) groups excluding carboxylic acids is 1. The minimum absolute atomic E-state index is 0.110. The van der Waals surface area contributed by atoms with E-state index in [0.717, 1.165) is 25.0 Å². The van der Waals surface area contributed by atoms with Gasteiger partial charge in [-0.3, -0.25) is 4.79 Å². The van der Waals surface area contributed by atoms with Crippen molar-refractivity contribution in [2.24, 2.45) is 0 Å². The number of nitrogens with one attached hydrogen (secondary N) is 2. The van der Waals surface area contributed by atoms with Crippen molar-refractivity contribution in [1.29, 1.82) is 0 Å². The highest BCUT2D eigenvalue weighted by Gasteiger charge is 2.15. The smallest absolute Gasteiger partial charge is 0.319 e. The molecule has 9 heteroatoms. The van der Waals surface area contributed by atoms with E-state index in [2.05, 4.69) is 20.6 Å². The highest BCUT2D eigenvalue weighted by Crippen LogP contribution is 2.28. The molecule has 0 radical (unpaired) electrons. The predicted molar refractivity (Wildman–Crippen MR) is 127 cm³/mol. The molecule has 1 saturated heterocycles. The molecular formula is C24H29N5O4. The first-order chi connectivity index (χ1) is 16.1. The van der Waals surface area contributed by atoms with Gasteiger partial charge in [0.05, 0.1) is 44.1 Å². The number of amides is 2. The van der Waals surface area contributed by atoms with Crippen LogP contribution in [0, 0.1) is 0 Å². The molecule has 1 aliphatic rings. The molecule has 0 unspecified atom stereocenters. The first-order valence-corrected chi connectivity index (χ1v) is 11.1. The van der Waals surface area contributed by atoms with Crippen molar-refractivity contribution in [3.8, 4) is 11.5 Å². The summed E-state index contributed by atoms with van der Waals surface area (Å²) in [6.07, 6.45) is 2.40. The van der Waals surface area contributed by atoms with Gasteiger partial charge >= 0.3 is 6.03 Å². The zero-order valence-electron chi connectivity index (χ0n) is 19.0. The van der Waals surface area contributed by atoms with Gasteiger partial charge in [-0.25, -0.2) is 9.48 Å². The summed E-state index contributed by atoms with van der Waals surface area (Å²) < 4.78 is 12.0. The molecule has 0 atom stereocenters. The number of urea groups is 1. The van der Waals surface area contributed by atoms with Gasteiger partial charge in [-0.15, -0.1) is 0 Å². The van der Waals surface area contributed by atoms with Crippen LogP contribution in [0.2, 0.25) is 0 Å². The van der Waals surface area contributed by atoms with Gasteiger partial charge < -0.3 is 25.0 Å². The second kappa shape index (κ2) is 10.4. The number of methoxy groups -OCH3 is 2. The summed E-state index contributed by atoms with van der Waals surface area (Å²) in [5.41, 5.74) is 1.05. The fourth-order valence-corrected chi connectivity index (χ4v) is 4.06. The molecule has 2 heterocycles. The molecule has 1 aliphatic heterocycles. The fourth-order valence-electron chi connectivity index (χ4n) is 4.06. The van der Waals surface area contributed by atoms with Crippen molar-refractivity contribution in [1.82, 2.24) is 20.0 Å². The third kappa shape index (κ3) is 5.25. The normalized spacial score (nSPS) is 13.8. The van der Waals surface area contributed by atoms with Crippen molar-refractivity contribution in [2.45, 2.75) is 25.9 Å². The SMILES string of the molecule is COc1ccc(NC(=O)NCc2nn(CCN3CCCC3)c(=O)c3ccccc23)c(OC)c1. The molecule has 1 aromatic heterocycles. The molecule has 3 aromatic rings. The maximum atomic E-state index is 12.9. The van der Waals surface area contributed by atoms with E-state index in [1.165, 1.54) is 24.6 Å². The molecule has 0 spiro atoms. The van der Waals surface area contributed by atoms with Gasteiger partial charge in [-0.05, 0) is 44.1 Å². The average Bonchev–Trinajstić information content (AvgIpc) is 3.37. The number of hydrogen-bond donors (Lipinski definition) is 2. The third-order valence-electron chi connectivity index (χ3n) is 5.84. The molecular weight excluding hydrogens is 422 g/mol. The van der Waals surface area contributed by atoms with Crippen molar-refractivity contribution in [3.63, 3.8) is 0 Å². The second-order valence-corrected chi connectivity index (χ2v) is 7.94. The first kappa shape index (κ1) is 22.6. The third-order valence-corrected chi connectivity index (χ3v) is 5.84. The van der Waals surface area contributed by atoms with Gasteiger partial charge in [0.25, 0.3) is 5.56 Å². The van der Waals surface area contributed by atoms with Gasteiger partial charge in [-0.2, -0.15) is 5.10 Å². The predicted octanol–water partition coefficient (Wildman–Crippen LogP) is 2.83. The lowest BCUT2D eigenvalue weighted by Crippen LogP contribution is -2.33. The van der Waals surface area contributed by atoms with E-state index in [0.29, 0.717) is 34.8 Å². The molecule has 2 amide bonds. The van der Waals surface area contributed by atoms with Crippen molar-refractivity contribution in [2.75, 3.05) is 39.2 Å². The van der Waals surface area contributed by atoms with Crippen LogP contribution in [0.1, 0.15) is 18.5 Å². The van der Waals surface area contributed by atoms with E-state index in [4.69, 9.17) is 9.47 Å². The highest BCUT2D eigenvalue weighted by molar-refractivity contribution is 5.91. The molecule has 2 N–H and O–H groups in total. The number of hydrogen-bond acceptors (Lipinski definition) is 6. The summed E-state index contributed by atoms with van der Waals surface area (Å²) in [5, 5.41) is 11.6. The van der Waals surface area contributed by atoms with E-state index in [9.17, 15) is 9.59 Å². The van der Waals surface area contributed by atoms with Crippen LogP contribution < -0.4 is 25.7 Å². The summed E-state index contributed by atoms with van der Waals surface area (Å²) in [5.74, 6) is 1.12. The van der Waals surface area contributed by atoms with Crippen molar-refractivity contribution >= 4 is 22.5 Å². The lowest BCUT2D eigenvalue weighted by Gasteiger charge is -2.16. The Morgan fingerprint density at radius 3 is 2.52 bits per heavy atom. The monoisotopic (exact) mass is 451 g/mol. The zero-order chi connectivity index (χ0) is 23.2. The Balaban J connectivity index is 1.50. The Morgan fingerprint density at radius 2 is 1.79 bits per heavy atom. The number of carbonyl (C=O) groups is 1. The van der Waals surface area contributed by atoms with Gasteiger partial charge in [0.2, 0.25) is 0 Å². The molecule has 0 aliphatic carbocycles. The van der Waals surface area contributed by atoms with Crippen molar-refractivity contribution < 1.29 is 14.3 Å². The summed E-state index contributed by atoms with van der Waals surface area (Å²) in [6.45, 7) is 3.61. The van der Waals surface area contributed by atoms with Gasteiger partial charge in [0.15, 0.2) is 0 Å². The summed E-state index contributed by atoms with van der Waals surface area (Å²) in [6, 6.07) is 12.1. The van der Waals surface area contributed by atoms with Crippen LogP contribution >= 0.6 is 0 Å². The summed E-state index contributed by atoms with van der Waals surface area (Å²) in [7, 11) is 3.09. The molecule has 9 nitrogen and oxygen atoms in total. The molecule has 4 rings (SSSR count). The van der Waals surface area contributed by atoms with Gasteiger partial charge in [-0.1, -0.05) is 18.2 Å². The van der Waals surface area contributed by atoms with Crippen LogP contribution in [0.4, 0.5) is 10.5 Å². The first-order valence-electron chi connectivity index (χ1n) is 11.1. The van der Waals surface area contributed by atoms with E-state index < -0.39 is 6.03 Å². The maximum Gasteiger partial charge on any atom is 0.319 e. The Kier molecular flexibility index (Phi) is 7.09. The highest BCUT2D eigenvalue weighted by atomic mass is 16.5. The van der Waals surface area contributed by atoms with Crippen LogP contribution in [0.25, 0.3) is 10.8 Å². The molecule has 0 bridgehead atoms. The number of aromatic nitrogens is 2. The topological polar surface area (TPSA) is 97.7 Å². The van der Waals surface area contributed by atoms with Crippen molar-refractivity contribution in [3.05, 3.63) is 58.5 Å². The Labute approximate surface area is 192 Å². The van der Waals surface area contributed by atoms with E-state index in [-0.39, 0.29) is 12.1 Å². The van der Waals surface area contributed by atoms with Crippen LogP contribution in [0.3, 0.4) is 0 Å². The standard InChI is InChI=1S/C24H29N5O4/c1-32-17-9-10-20(22(15-17)33-2)26-24(31)25-16-21-18-7-3-4-8-19(18)23(30)29(27-21)14-13-28-11-5-6-12-28/h3-4,7-10,15H,5-6,11-14,16H2,1-2H3,(H2,25,26,31). The Morgan fingerprint density at radius 1 is 1.03 bits per heavy atom. The summed E-state index contributed by atoms with van der Waals surface area (Å²) >= 11 is 0. The molecule has 33 heavy (non-hydrogen) atoms. The van der Waals surface area contributed by atoms with Crippen LogP contribution in [-0.4, -0.2) is 54.6 Å². The number of nitrogens with zero attached hydrogens (tertiary/aromatic N) is 3. The lowest BCUT2D eigenvalue weighted by atomic mass is 10.1. The number of benzene rings is 2. The lowest BCUT2D eigenvalue weighted by molar-refractivity contribution is 0.251. The minimum atomic E-state index is -0.404. The average molecular weight is 452 g/mol. The number of ether oxygens (including phenoxy) is 2. The Bertz CT molecular complexity index is 1190. The number of rotatable bonds is 8. The summed E-state index contributed by atoms with van der Waals surface area (Å²) in [4.78, 5) is 27.9. The molecule has 174 valence electrons. The zero-order valence-corrected chi connectivity index (χ0v) is 19.0. The fraction of sp³-hybridized carbons (Fsp3) is 0.375. The van der Waals surface area contributed by atoms with Gasteiger partial charge in [0.1, 0.15) is 11.5 Å². The second-order valence-electron chi connectivity index (χ2n) is 7.94. The van der Waals surface area contributed by atoms with Gasteiger partial charge in [0, 0.05) is 18.0 Å². The quantitative estimate of drug-likeness (QED) is 0.547. The maximum absolute atomic E-state index is 12.9. The largest absolute Gasteiger partial charge is 0.497 e. The van der Waals surface area contributed by atoms with E-state index in [1.54, 1.807) is 31.4 Å². The van der Waals surface area contributed by atoms with Crippen LogP contribution in [-0.2, 0) is 13.1 Å². The number of fused-ring (bicyclic) bond motifs is 1. The van der Waals surface area contributed by atoms with Crippen LogP contribution in [0.5, 0.6) is 11.5 Å². The minimum Gasteiger partial charge on any atom is -0.497 e. The molecule has 2 aromatic carbocycles. The van der Waals surface area contributed by atoms with E-state index in [1.807, 2.05) is 18.2 Å². The molecule has 0 saturated carbocycles. The van der Waals surface area contributed by atoms with E-state index >= 15 is 0 Å². The number of anilines is 1. The number of likely N-dealkylation sites (tertiary alicyclic amines) is 1. The van der Waals surface area contributed by atoms with Crippen LogP contribution in [0.15, 0.2) is 47.3 Å². The molecule has 1 fully saturated rings.